The maximum absolute atomic E-state index is 5.52. The molecule has 11 nitrogen and oxygen atoms in total. The summed E-state index contributed by atoms with van der Waals surface area (Å²) in [6.07, 6.45) is 0. The van der Waals surface area contributed by atoms with Gasteiger partial charge in [-0.05, 0) is 18.2 Å². The molecule has 5 rings (SSSR count). The molecule has 3 aromatic carbocycles. The van der Waals surface area contributed by atoms with Crippen LogP contribution < -0.4 is 43.8 Å². The van der Waals surface area contributed by atoms with Crippen LogP contribution in [0.15, 0.2) is 42.5 Å². The van der Waals surface area contributed by atoms with Crippen LogP contribution in [0.3, 0.4) is 0 Å². The molecule has 1 aliphatic heterocycles. The molecule has 37 heavy (non-hydrogen) atoms. The Morgan fingerprint density at radius 2 is 1.32 bits per heavy atom. The minimum Gasteiger partial charge on any atom is -0.493 e. The van der Waals surface area contributed by atoms with Gasteiger partial charge in [0.25, 0.3) is 0 Å². The lowest BCUT2D eigenvalue weighted by molar-refractivity contribution is 0.174. The molecule has 2 N–H and O–H groups in total. The SMILES string of the molecule is COc1cc2nc(Nc3cc(OC)c(OC)c(OC)c3)nc(Nc3ccc4c(c3)OCO4)c2cc1OC. The molecule has 0 unspecified atom stereocenters. The lowest BCUT2D eigenvalue weighted by atomic mass is 10.2. The second-order valence-electron chi connectivity index (χ2n) is 7.85. The Bertz CT molecular complexity index is 1440. The molecule has 1 aliphatic rings. The Morgan fingerprint density at radius 1 is 0.649 bits per heavy atom. The fourth-order valence-electron chi connectivity index (χ4n) is 4.00. The van der Waals surface area contributed by atoms with Gasteiger partial charge in [0.2, 0.25) is 18.5 Å². The zero-order valence-electron chi connectivity index (χ0n) is 21.0. The molecule has 0 atom stereocenters. The molecule has 1 aromatic heterocycles. The van der Waals surface area contributed by atoms with Gasteiger partial charge < -0.3 is 43.8 Å². The summed E-state index contributed by atoms with van der Waals surface area (Å²) in [6.45, 7) is 0.190. The average molecular weight is 507 g/mol. The molecular weight excluding hydrogens is 480 g/mol. The van der Waals surface area contributed by atoms with Crippen LogP contribution in [-0.2, 0) is 0 Å². The van der Waals surface area contributed by atoms with Crippen LogP contribution in [0, 0.1) is 0 Å². The van der Waals surface area contributed by atoms with Crippen LogP contribution in [0.2, 0.25) is 0 Å². The van der Waals surface area contributed by atoms with Crippen molar-refractivity contribution in [2.24, 2.45) is 0 Å². The predicted octanol–water partition coefficient (Wildman–Crippen LogP) is 4.89. The molecule has 4 aromatic rings. The summed E-state index contributed by atoms with van der Waals surface area (Å²) in [5, 5.41) is 7.33. The smallest absolute Gasteiger partial charge is 0.231 e. The third-order valence-corrected chi connectivity index (χ3v) is 5.76. The van der Waals surface area contributed by atoms with E-state index in [4.69, 9.17) is 43.1 Å². The van der Waals surface area contributed by atoms with Crippen molar-refractivity contribution in [2.45, 2.75) is 0 Å². The third-order valence-electron chi connectivity index (χ3n) is 5.76. The minimum absolute atomic E-state index is 0.190. The number of aromatic nitrogens is 2. The number of rotatable bonds is 9. The van der Waals surface area contributed by atoms with Crippen molar-refractivity contribution in [3.63, 3.8) is 0 Å². The number of hydrogen-bond acceptors (Lipinski definition) is 11. The largest absolute Gasteiger partial charge is 0.493 e. The van der Waals surface area contributed by atoms with Crippen LogP contribution in [-0.4, -0.2) is 52.3 Å². The second-order valence-corrected chi connectivity index (χ2v) is 7.85. The molecule has 0 spiro atoms. The summed E-state index contributed by atoms with van der Waals surface area (Å²) >= 11 is 0. The summed E-state index contributed by atoms with van der Waals surface area (Å²) in [5.74, 6) is 4.78. The number of benzene rings is 3. The lowest BCUT2D eigenvalue weighted by Gasteiger charge is -2.16. The van der Waals surface area contributed by atoms with Crippen molar-refractivity contribution in [1.29, 1.82) is 0 Å². The first-order chi connectivity index (χ1) is 18.1. The molecule has 0 bridgehead atoms. The van der Waals surface area contributed by atoms with E-state index in [0.29, 0.717) is 63.2 Å². The Morgan fingerprint density at radius 3 is 2.00 bits per heavy atom. The molecule has 0 saturated carbocycles. The van der Waals surface area contributed by atoms with Gasteiger partial charge in [0.05, 0.1) is 41.1 Å². The van der Waals surface area contributed by atoms with E-state index in [-0.39, 0.29) is 6.79 Å². The fraction of sp³-hybridized carbons (Fsp3) is 0.231. The van der Waals surface area contributed by atoms with Crippen molar-refractivity contribution < 1.29 is 33.2 Å². The maximum Gasteiger partial charge on any atom is 0.231 e. The Kier molecular flexibility index (Phi) is 6.50. The first-order valence-corrected chi connectivity index (χ1v) is 11.2. The number of fused-ring (bicyclic) bond motifs is 2. The molecule has 0 aliphatic carbocycles. The van der Waals surface area contributed by atoms with E-state index < -0.39 is 0 Å². The van der Waals surface area contributed by atoms with Crippen LogP contribution in [0.25, 0.3) is 10.9 Å². The third kappa shape index (κ3) is 4.58. The van der Waals surface area contributed by atoms with Crippen LogP contribution >= 0.6 is 0 Å². The summed E-state index contributed by atoms with van der Waals surface area (Å²) < 4.78 is 38.3. The summed E-state index contributed by atoms with van der Waals surface area (Å²) in [4.78, 5) is 9.47. The fourth-order valence-corrected chi connectivity index (χ4v) is 4.00. The van der Waals surface area contributed by atoms with E-state index in [1.165, 1.54) is 0 Å². The van der Waals surface area contributed by atoms with Gasteiger partial charge in [0, 0.05) is 41.0 Å². The first kappa shape index (κ1) is 23.9. The minimum atomic E-state index is 0.190. The van der Waals surface area contributed by atoms with Gasteiger partial charge in [-0.2, -0.15) is 4.98 Å². The van der Waals surface area contributed by atoms with Crippen LogP contribution in [0.1, 0.15) is 0 Å². The Labute approximate surface area is 213 Å². The standard InChI is InChI=1S/C26H26N4O7/c1-31-19-11-16-17(12-20(19)32-2)29-26(28-15-9-22(33-3)24(35-5)23(10-15)34-4)30-25(16)27-14-6-7-18-21(8-14)37-13-36-18/h6-12H,13H2,1-5H3,(H2,27,28,29,30). The van der Waals surface area contributed by atoms with Gasteiger partial charge in [0.15, 0.2) is 34.5 Å². The Balaban J connectivity index is 1.60. The van der Waals surface area contributed by atoms with E-state index in [1.807, 2.05) is 24.3 Å². The molecular formula is C26H26N4O7. The molecule has 2 heterocycles. The second kappa shape index (κ2) is 10.1. The molecule has 0 fully saturated rings. The van der Waals surface area contributed by atoms with E-state index in [9.17, 15) is 0 Å². The molecule has 0 saturated heterocycles. The van der Waals surface area contributed by atoms with Crippen molar-refractivity contribution in [3.8, 4) is 40.2 Å². The van der Waals surface area contributed by atoms with Gasteiger partial charge in [-0.3, -0.25) is 0 Å². The summed E-state index contributed by atoms with van der Waals surface area (Å²) in [6, 6.07) is 12.7. The molecule has 0 amide bonds. The highest BCUT2D eigenvalue weighted by Crippen LogP contribution is 2.41. The van der Waals surface area contributed by atoms with Gasteiger partial charge in [0.1, 0.15) is 5.82 Å². The number of nitrogens with zero attached hydrogens (tertiary/aromatic N) is 2. The Hall–Kier alpha value is -4.80. The normalized spacial score (nSPS) is 11.7. The first-order valence-electron chi connectivity index (χ1n) is 11.2. The van der Waals surface area contributed by atoms with Crippen molar-refractivity contribution in [1.82, 2.24) is 9.97 Å². The highest BCUT2D eigenvalue weighted by atomic mass is 16.7. The molecule has 11 heteroatoms. The summed E-state index contributed by atoms with van der Waals surface area (Å²) in [5.41, 5.74) is 2.03. The van der Waals surface area contributed by atoms with E-state index >= 15 is 0 Å². The van der Waals surface area contributed by atoms with Gasteiger partial charge in [-0.25, -0.2) is 4.98 Å². The zero-order valence-corrected chi connectivity index (χ0v) is 21.0. The monoisotopic (exact) mass is 506 g/mol. The predicted molar refractivity (Wildman–Crippen MR) is 138 cm³/mol. The van der Waals surface area contributed by atoms with Crippen LogP contribution in [0.5, 0.6) is 40.2 Å². The van der Waals surface area contributed by atoms with E-state index in [1.54, 1.807) is 53.7 Å². The van der Waals surface area contributed by atoms with E-state index in [2.05, 4.69) is 10.6 Å². The van der Waals surface area contributed by atoms with Gasteiger partial charge >= 0.3 is 0 Å². The van der Waals surface area contributed by atoms with Crippen molar-refractivity contribution in [2.75, 3.05) is 53.0 Å². The zero-order chi connectivity index (χ0) is 25.9. The summed E-state index contributed by atoms with van der Waals surface area (Å²) in [7, 11) is 7.82. The van der Waals surface area contributed by atoms with Crippen molar-refractivity contribution >= 4 is 34.0 Å². The number of ether oxygens (including phenoxy) is 7. The van der Waals surface area contributed by atoms with Crippen LogP contribution in [0.4, 0.5) is 23.1 Å². The topological polar surface area (TPSA) is 114 Å². The average Bonchev–Trinajstić information content (AvgIpc) is 3.39. The highest BCUT2D eigenvalue weighted by molar-refractivity contribution is 5.94. The molecule has 0 radical (unpaired) electrons. The number of hydrogen-bond donors (Lipinski definition) is 2. The van der Waals surface area contributed by atoms with E-state index in [0.717, 1.165) is 11.1 Å². The maximum atomic E-state index is 5.52. The number of methoxy groups -OCH3 is 5. The van der Waals surface area contributed by atoms with Gasteiger partial charge in [-0.15, -0.1) is 0 Å². The van der Waals surface area contributed by atoms with Crippen molar-refractivity contribution in [3.05, 3.63) is 42.5 Å². The highest BCUT2D eigenvalue weighted by Gasteiger charge is 2.18. The van der Waals surface area contributed by atoms with Gasteiger partial charge in [-0.1, -0.05) is 0 Å². The quantitative estimate of drug-likeness (QED) is 0.323. The number of nitrogens with one attached hydrogen (secondary N) is 2. The lowest BCUT2D eigenvalue weighted by Crippen LogP contribution is -2.04. The molecule has 192 valence electrons. The number of anilines is 4.